The molecule has 2 atom stereocenters. The van der Waals surface area contributed by atoms with Crippen LogP contribution in [0.25, 0.3) is 0 Å². The smallest absolute Gasteiger partial charge is 0.294 e. The molecular weight excluding hydrogens is 425 g/mol. The molecular formula is C21H18FN3O5S. The van der Waals surface area contributed by atoms with Crippen molar-refractivity contribution in [2.24, 2.45) is 4.99 Å². The van der Waals surface area contributed by atoms with E-state index in [0.29, 0.717) is 11.4 Å². The number of hydrogen-bond acceptors (Lipinski definition) is 7. The molecule has 2 aromatic rings. The number of aliphatic imine (C=N–C) groups is 1. The number of benzene rings is 2. The summed E-state index contributed by atoms with van der Waals surface area (Å²) in [5.74, 6) is 0.223. The molecule has 2 aromatic carbocycles. The molecule has 0 bridgehead atoms. The summed E-state index contributed by atoms with van der Waals surface area (Å²) in [6, 6.07) is 11.9. The fourth-order valence-corrected chi connectivity index (χ4v) is 4.26. The Morgan fingerprint density at radius 3 is 2.39 bits per heavy atom. The number of fused-ring (bicyclic) bond motifs is 1. The quantitative estimate of drug-likeness (QED) is 0.501. The van der Waals surface area contributed by atoms with Crippen molar-refractivity contribution in [2.75, 3.05) is 12.9 Å². The first kappa shape index (κ1) is 20.7. The fourth-order valence-electron chi connectivity index (χ4n) is 3.63. The van der Waals surface area contributed by atoms with Gasteiger partial charge in [-0.05, 0) is 53.1 Å². The highest BCUT2D eigenvalue weighted by atomic mass is 32.2. The second-order valence-electron chi connectivity index (χ2n) is 7.21. The van der Waals surface area contributed by atoms with Crippen LogP contribution in [0.15, 0.2) is 82.3 Å². The molecule has 2 heterocycles. The summed E-state index contributed by atoms with van der Waals surface area (Å²) >= 11 is 0. The maximum atomic E-state index is 13.5. The molecule has 4 rings (SSSR count). The molecule has 0 aliphatic carbocycles. The lowest BCUT2D eigenvalue weighted by Gasteiger charge is -2.29. The van der Waals surface area contributed by atoms with Gasteiger partial charge in [0.15, 0.2) is 9.84 Å². The average molecular weight is 443 g/mol. The second kappa shape index (κ2) is 7.95. The molecule has 0 spiro atoms. The summed E-state index contributed by atoms with van der Waals surface area (Å²) < 4.78 is 37.1. The van der Waals surface area contributed by atoms with E-state index in [0.717, 1.165) is 17.4 Å². The highest BCUT2D eigenvalue weighted by Gasteiger charge is 2.37. The first-order valence-corrected chi connectivity index (χ1v) is 11.2. The molecule has 2 aliphatic heterocycles. The third kappa shape index (κ3) is 4.33. The molecule has 0 aromatic heterocycles. The Hall–Kier alpha value is -3.53. The Morgan fingerprint density at radius 2 is 1.77 bits per heavy atom. The lowest BCUT2D eigenvalue weighted by molar-refractivity contribution is -0.755. The van der Waals surface area contributed by atoms with Gasteiger partial charge >= 0.3 is 0 Å². The van der Waals surface area contributed by atoms with Crippen molar-refractivity contribution in [2.45, 2.75) is 17.0 Å². The van der Waals surface area contributed by atoms with Crippen LogP contribution >= 0.6 is 0 Å². The van der Waals surface area contributed by atoms with Crippen LogP contribution in [0.2, 0.25) is 0 Å². The van der Waals surface area contributed by atoms with E-state index in [1.54, 1.807) is 42.6 Å². The van der Waals surface area contributed by atoms with Crippen molar-refractivity contribution in [1.29, 1.82) is 0 Å². The molecule has 2 unspecified atom stereocenters. The average Bonchev–Trinajstić information content (AvgIpc) is 3.11. The Kier molecular flexibility index (Phi) is 5.32. The molecule has 0 fully saturated rings. The van der Waals surface area contributed by atoms with Gasteiger partial charge in [0.1, 0.15) is 24.3 Å². The number of rotatable bonds is 6. The topological polar surface area (TPSA) is 102 Å². The molecule has 0 N–H and O–H groups in total. The van der Waals surface area contributed by atoms with Crippen LogP contribution in [-0.2, 0) is 14.7 Å². The van der Waals surface area contributed by atoms with Crippen LogP contribution in [0.1, 0.15) is 23.2 Å². The van der Waals surface area contributed by atoms with E-state index in [2.05, 4.69) is 4.84 Å². The molecule has 8 nitrogen and oxygen atoms in total. The van der Waals surface area contributed by atoms with Crippen LogP contribution in [0, 0.1) is 15.9 Å². The molecule has 31 heavy (non-hydrogen) atoms. The third-order valence-electron chi connectivity index (χ3n) is 5.10. The molecule has 160 valence electrons. The minimum atomic E-state index is -3.33. The largest absolute Gasteiger partial charge is 0.323 e. The van der Waals surface area contributed by atoms with Gasteiger partial charge in [0.25, 0.3) is 5.09 Å². The normalized spacial score (nSPS) is 20.1. The second-order valence-corrected chi connectivity index (χ2v) is 9.22. The van der Waals surface area contributed by atoms with Crippen molar-refractivity contribution in [3.63, 3.8) is 0 Å². The van der Waals surface area contributed by atoms with E-state index in [1.165, 1.54) is 24.3 Å². The predicted octanol–water partition coefficient (Wildman–Crippen LogP) is 3.39. The summed E-state index contributed by atoms with van der Waals surface area (Å²) in [5.41, 5.74) is 2.19. The predicted molar refractivity (Wildman–Crippen MR) is 111 cm³/mol. The van der Waals surface area contributed by atoms with Crippen molar-refractivity contribution in [1.82, 2.24) is 4.90 Å². The number of nitrogens with zero attached hydrogens (tertiary/aromatic N) is 3. The van der Waals surface area contributed by atoms with Gasteiger partial charge in [0.05, 0.1) is 10.9 Å². The van der Waals surface area contributed by atoms with Gasteiger partial charge in [-0.3, -0.25) is 4.99 Å². The number of amidine groups is 1. The molecule has 0 radical (unpaired) electrons. The van der Waals surface area contributed by atoms with Gasteiger partial charge in [0.2, 0.25) is 0 Å². The van der Waals surface area contributed by atoms with Crippen LogP contribution in [0.5, 0.6) is 0 Å². The SMILES string of the molecule is CS(=O)(=O)c1ccc(C2N=C3C=C(CO[N+](=O)[O-])C=CN3C2c2ccc(F)cc2)cc1. The van der Waals surface area contributed by atoms with Crippen LogP contribution < -0.4 is 0 Å². The number of halogens is 1. The summed E-state index contributed by atoms with van der Waals surface area (Å²) in [6.45, 7) is -0.203. The molecule has 10 heteroatoms. The van der Waals surface area contributed by atoms with Crippen molar-refractivity contribution < 1.29 is 22.7 Å². The van der Waals surface area contributed by atoms with Gasteiger partial charge in [-0.25, -0.2) is 12.8 Å². The van der Waals surface area contributed by atoms with E-state index in [9.17, 15) is 22.9 Å². The Morgan fingerprint density at radius 1 is 1.13 bits per heavy atom. The Balaban J connectivity index is 1.72. The zero-order valence-corrected chi connectivity index (χ0v) is 17.2. The standard InChI is InChI=1S/C21H18FN3O5S/c1-31(28,29)18-8-4-15(5-9-18)20-21(16-2-6-17(22)7-3-16)24-11-10-14(12-19(24)23-20)13-30-25(26)27/h2-12,20-21H,13H2,1H3. The molecule has 0 amide bonds. The Bertz CT molecular complexity index is 1200. The van der Waals surface area contributed by atoms with Gasteiger partial charge < -0.3 is 9.74 Å². The molecule has 0 saturated carbocycles. The maximum Gasteiger partial charge on any atom is 0.294 e. The highest BCUT2D eigenvalue weighted by molar-refractivity contribution is 7.90. The van der Waals surface area contributed by atoms with Gasteiger partial charge in [0, 0.05) is 12.5 Å². The van der Waals surface area contributed by atoms with E-state index < -0.39 is 21.0 Å². The zero-order valence-electron chi connectivity index (χ0n) is 16.4. The summed E-state index contributed by atoms with van der Waals surface area (Å²) in [7, 11) is -3.33. The van der Waals surface area contributed by atoms with E-state index in [4.69, 9.17) is 4.99 Å². The minimum absolute atomic E-state index is 0.203. The monoisotopic (exact) mass is 443 g/mol. The lowest BCUT2D eigenvalue weighted by atomic mass is 9.93. The fraction of sp³-hybridized carbons (Fsp3) is 0.190. The minimum Gasteiger partial charge on any atom is -0.323 e. The summed E-state index contributed by atoms with van der Waals surface area (Å²) in [6.07, 6.45) is 6.30. The number of sulfone groups is 1. The highest BCUT2D eigenvalue weighted by Crippen LogP contribution is 2.43. The number of hydrogen-bond donors (Lipinski definition) is 0. The lowest BCUT2D eigenvalue weighted by Crippen LogP contribution is -2.28. The van der Waals surface area contributed by atoms with Crippen molar-refractivity contribution >= 4 is 15.7 Å². The van der Waals surface area contributed by atoms with Gasteiger partial charge in [-0.2, -0.15) is 0 Å². The van der Waals surface area contributed by atoms with Crippen LogP contribution in [-0.4, -0.2) is 37.1 Å². The third-order valence-corrected chi connectivity index (χ3v) is 6.22. The Labute approximate surface area is 178 Å². The first-order chi connectivity index (χ1) is 14.7. The first-order valence-electron chi connectivity index (χ1n) is 9.30. The van der Waals surface area contributed by atoms with Gasteiger partial charge in [-0.1, -0.05) is 24.3 Å². The molecule has 2 aliphatic rings. The zero-order chi connectivity index (χ0) is 22.2. The maximum absolute atomic E-state index is 13.5. The van der Waals surface area contributed by atoms with Crippen molar-refractivity contribution in [3.05, 3.63) is 99.5 Å². The van der Waals surface area contributed by atoms with E-state index in [-0.39, 0.29) is 23.4 Å². The molecule has 0 saturated heterocycles. The van der Waals surface area contributed by atoms with E-state index >= 15 is 0 Å². The van der Waals surface area contributed by atoms with Crippen LogP contribution in [0.4, 0.5) is 4.39 Å². The van der Waals surface area contributed by atoms with Crippen molar-refractivity contribution in [3.8, 4) is 0 Å². The summed E-state index contributed by atoms with van der Waals surface area (Å²) in [5, 5.41) is 9.63. The van der Waals surface area contributed by atoms with E-state index in [1.807, 2.05) is 4.90 Å². The summed E-state index contributed by atoms with van der Waals surface area (Å²) in [4.78, 5) is 21.8. The van der Waals surface area contributed by atoms with Gasteiger partial charge in [-0.15, -0.1) is 10.1 Å². The van der Waals surface area contributed by atoms with Crippen LogP contribution in [0.3, 0.4) is 0 Å².